The average molecular weight is 341 g/mol. The molecular weight excluding hydrogens is 317 g/mol. The van der Waals surface area contributed by atoms with Crippen molar-refractivity contribution < 1.29 is 9.18 Å². The molecule has 1 N–H and O–H groups in total. The fraction of sp³-hybridized carbons (Fsp3) is 0.350. The second-order valence-electron chi connectivity index (χ2n) is 6.22. The minimum atomic E-state index is -0.187. The summed E-state index contributed by atoms with van der Waals surface area (Å²) in [5, 5.41) is 3.13. The van der Waals surface area contributed by atoms with Crippen LogP contribution in [0, 0.1) is 5.82 Å². The monoisotopic (exact) mass is 341 g/mol. The molecule has 1 saturated heterocycles. The summed E-state index contributed by atoms with van der Waals surface area (Å²) in [6.07, 6.45) is 0.585. The van der Waals surface area contributed by atoms with Crippen molar-refractivity contribution in [3.8, 4) is 0 Å². The maximum atomic E-state index is 13.5. The molecule has 0 saturated carbocycles. The summed E-state index contributed by atoms with van der Waals surface area (Å²) in [7, 11) is 0. The van der Waals surface area contributed by atoms with Gasteiger partial charge in [0.15, 0.2) is 0 Å². The lowest BCUT2D eigenvalue weighted by Crippen LogP contribution is -2.51. The first-order chi connectivity index (χ1) is 12.2. The predicted octanol–water partition coefficient (Wildman–Crippen LogP) is 2.31. The van der Waals surface area contributed by atoms with Crippen molar-refractivity contribution in [3.05, 3.63) is 66.0 Å². The molecule has 1 fully saturated rings. The molecular formula is C20H24FN3O. The van der Waals surface area contributed by atoms with Crippen LogP contribution in [0.1, 0.15) is 5.56 Å². The van der Waals surface area contributed by atoms with Gasteiger partial charge in [-0.15, -0.1) is 0 Å². The third-order valence-corrected chi connectivity index (χ3v) is 4.56. The molecule has 0 radical (unpaired) electrons. The molecule has 3 rings (SSSR count). The Labute approximate surface area is 148 Å². The van der Waals surface area contributed by atoms with Gasteiger partial charge >= 0.3 is 0 Å². The Morgan fingerprint density at radius 3 is 2.36 bits per heavy atom. The molecule has 1 amide bonds. The van der Waals surface area contributed by atoms with Crippen LogP contribution in [0.4, 0.5) is 10.1 Å². The highest BCUT2D eigenvalue weighted by Crippen LogP contribution is 2.15. The molecule has 1 aliphatic heterocycles. The van der Waals surface area contributed by atoms with Crippen LogP contribution >= 0.6 is 0 Å². The maximum Gasteiger partial charge on any atom is 0.236 e. The van der Waals surface area contributed by atoms with Crippen LogP contribution in [0.15, 0.2) is 54.6 Å². The van der Waals surface area contributed by atoms with Crippen molar-refractivity contribution >= 4 is 11.6 Å². The van der Waals surface area contributed by atoms with Gasteiger partial charge in [0.05, 0.1) is 6.54 Å². The molecule has 25 heavy (non-hydrogen) atoms. The van der Waals surface area contributed by atoms with Crippen LogP contribution in [-0.4, -0.2) is 50.1 Å². The van der Waals surface area contributed by atoms with Crippen molar-refractivity contribution in [2.45, 2.75) is 6.42 Å². The van der Waals surface area contributed by atoms with E-state index in [4.69, 9.17) is 0 Å². The van der Waals surface area contributed by atoms with E-state index in [1.54, 1.807) is 12.1 Å². The molecule has 0 spiro atoms. The molecule has 132 valence electrons. The van der Waals surface area contributed by atoms with Gasteiger partial charge in [0.1, 0.15) is 5.82 Å². The highest BCUT2D eigenvalue weighted by atomic mass is 19.1. The van der Waals surface area contributed by atoms with Gasteiger partial charge in [-0.3, -0.25) is 4.79 Å². The summed E-state index contributed by atoms with van der Waals surface area (Å²) < 4.78 is 13.5. The fourth-order valence-corrected chi connectivity index (χ4v) is 3.08. The van der Waals surface area contributed by atoms with E-state index in [1.807, 2.05) is 29.2 Å². The number of hydrogen-bond donors (Lipinski definition) is 1. The molecule has 5 heteroatoms. The Balaban J connectivity index is 1.37. The summed E-state index contributed by atoms with van der Waals surface area (Å²) in [6.45, 7) is 4.08. The number of nitrogens with one attached hydrogen (secondary N) is 1. The van der Waals surface area contributed by atoms with Crippen molar-refractivity contribution in [2.24, 2.45) is 0 Å². The summed E-state index contributed by atoms with van der Waals surface area (Å²) in [5.41, 5.74) is 1.89. The number of para-hydroxylation sites is 1. The third kappa shape index (κ3) is 4.79. The third-order valence-electron chi connectivity index (χ3n) is 4.56. The first-order valence-electron chi connectivity index (χ1n) is 8.76. The molecule has 2 aromatic rings. The Morgan fingerprint density at radius 1 is 0.960 bits per heavy atom. The van der Waals surface area contributed by atoms with Crippen molar-refractivity contribution in [1.29, 1.82) is 0 Å². The number of carbonyl (C=O) groups is 1. The van der Waals surface area contributed by atoms with Gasteiger partial charge in [-0.1, -0.05) is 36.4 Å². The van der Waals surface area contributed by atoms with Gasteiger partial charge in [0.2, 0.25) is 5.91 Å². The molecule has 0 unspecified atom stereocenters. The number of halogens is 1. The van der Waals surface area contributed by atoms with E-state index in [-0.39, 0.29) is 11.7 Å². The van der Waals surface area contributed by atoms with E-state index in [0.717, 1.165) is 26.2 Å². The first-order valence-corrected chi connectivity index (χ1v) is 8.76. The Bertz CT molecular complexity index is 684. The molecule has 2 aromatic carbocycles. The Morgan fingerprint density at radius 2 is 1.64 bits per heavy atom. The van der Waals surface area contributed by atoms with Crippen LogP contribution in [0.5, 0.6) is 0 Å². The number of amides is 1. The molecule has 0 aliphatic carbocycles. The van der Waals surface area contributed by atoms with Crippen LogP contribution in [0.25, 0.3) is 0 Å². The minimum Gasteiger partial charge on any atom is -0.368 e. The van der Waals surface area contributed by atoms with Gasteiger partial charge in [0, 0.05) is 31.9 Å². The summed E-state index contributed by atoms with van der Waals surface area (Å²) in [4.78, 5) is 16.5. The highest BCUT2D eigenvalue weighted by molar-refractivity contribution is 5.78. The summed E-state index contributed by atoms with van der Waals surface area (Å²) in [5.74, 6) is -0.0751. The van der Waals surface area contributed by atoms with Crippen LogP contribution in [0.3, 0.4) is 0 Å². The number of piperazine rings is 1. The summed E-state index contributed by atoms with van der Waals surface area (Å²) in [6, 6.07) is 17.0. The normalized spacial score (nSPS) is 14.6. The standard InChI is InChI=1S/C20H24FN3O/c21-19-9-5-4-6-17(19)10-11-22-16-20(25)24-14-12-23(13-15-24)18-7-2-1-3-8-18/h1-9,22H,10-16H2. The zero-order chi connectivity index (χ0) is 17.5. The number of nitrogens with zero attached hydrogens (tertiary/aromatic N) is 2. The quantitative estimate of drug-likeness (QED) is 0.819. The van der Waals surface area contributed by atoms with Crippen molar-refractivity contribution in [1.82, 2.24) is 10.2 Å². The van der Waals surface area contributed by atoms with Gasteiger partial charge in [-0.05, 0) is 36.7 Å². The second-order valence-corrected chi connectivity index (χ2v) is 6.22. The summed E-state index contributed by atoms with van der Waals surface area (Å²) >= 11 is 0. The first kappa shape index (κ1) is 17.4. The Kier molecular flexibility index (Phi) is 6.01. The zero-order valence-electron chi connectivity index (χ0n) is 14.3. The largest absolute Gasteiger partial charge is 0.368 e. The number of carbonyl (C=O) groups excluding carboxylic acids is 1. The van der Waals surface area contributed by atoms with E-state index < -0.39 is 0 Å². The van der Waals surface area contributed by atoms with E-state index in [2.05, 4.69) is 22.3 Å². The zero-order valence-corrected chi connectivity index (χ0v) is 14.3. The molecule has 1 aliphatic rings. The number of rotatable bonds is 6. The second kappa shape index (κ2) is 8.62. The molecule has 4 nitrogen and oxygen atoms in total. The minimum absolute atomic E-state index is 0.112. The van der Waals surface area contributed by atoms with E-state index in [1.165, 1.54) is 11.8 Å². The van der Waals surface area contributed by atoms with Crippen LogP contribution in [-0.2, 0) is 11.2 Å². The van der Waals surface area contributed by atoms with E-state index in [0.29, 0.717) is 25.1 Å². The smallest absolute Gasteiger partial charge is 0.236 e. The lowest BCUT2D eigenvalue weighted by Gasteiger charge is -2.36. The molecule has 0 aromatic heterocycles. The SMILES string of the molecule is O=C(CNCCc1ccccc1F)N1CCN(c2ccccc2)CC1. The van der Waals surface area contributed by atoms with Gasteiger partial charge in [-0.25, -0.2) is 4.39 Å². The van der Waals surface area contributed by atoms with Gasteiger partial charge in [0.25, 0.3) is 0 Å². The topological polar surface area (TPSA) is 35.6 Å². The predicted molar refractivity (Wildman–Crippen MR) is 98.2 cm³/mol. The number of hydrogen-bond acceptors (Lipinski definition) is 3. The lowest BCUT2D eigenvalue weighted by molar-refractivity contribution is -0.130. The fourth-order valence-electron chi connectivity index (χ4n) is 3.08. The molecule has 0 bridgehead atoms. The lowest BCUT2D eigenvalue weighted by atomic mass is 10.1. The Hall–Kier alpha value is -2.40. The van der Waals surface area contributed by atoms with Crippen LogP contribution < -0.4 is 10.2 Å². The van der Waals surface area contributed by atoms with E-state index in [9.17, 15) is 9.18 Å². The van der Waals surface area contributed by atoms with Crippen molar-refractivity contribution in [2.75, 3.05) is 44.2 Å². The molecule has 1 heterocycles. The van der Waals surface area contributed by atoms with Crippen LogP contribution in [0.2, 0.25) is 0 Å². The molecule has 0 atom stereocenters. The highest BCUT2D eigenvalue weighted by Gasteiger charge is 2.20. The number of anilines is 1. The van der Waals surface area contributed by atoms with E-state index >= 15 is 0 Å². The van der Waals surface area contributed by atoms with Crippen molar-refractivity contribution in [3.63, 3.8) is 0 Å². The number of benzene rings is 2. The maximum absolute atomic E-state index is 13.5. The van der Waals surface area contributed by atoms with Gasteiger partial charge in [-0.2, -0.15) is 0 Å². The average Bonchev–Trinajstić information content (AvgIpc) is 2.67. The van der Waals surface area contributed by atoms with Gasteiger partial charge < -0.3 is 15.1 Å².